The zero-order valence-corrected chi connectivity index (χ0v) is 17.7. The van der Waals surface area contributed by atoms with Gasteiger partial charge in [0.2, 0.25) is 5.88 Å². The number of hydrogen-bond donors (Lipinski definition) is 1. The van der Waals surface area contributed by atoms with Crippen LogP contribution in [-0.4, -0.2) is 66.1 Å². The van der Waals surface area contributed by atoms with Crippen LogP contribution in [0.1, 0.15) is 19.3 Å². The zero-order chi connectivity index (χ0) is 22.4. The number of phenols is 1. The fraction of sp³-hybridized carbons (Fsp3) is 0.409. The Morgan fingerprint density at radius 1 is 1.16 bits per heavy atom. The second kappa shape index (κ2) is 7.94. The van der Waals surface area contributed by atoms with Gasteiger partial charge in [-0.25, -0.2) is 14.2 Å². The summed E-state index contributed by atoms with van der Waals surface area (Å²) in [6.45, 7) is 0. The monoisotopic (exact) mass is 438 g/mol. The molecule has 2 aliphatic rings. The van der Waals surface area contributed by atoms with Gasteiger partial charge >= 0.3 is 5.69 Å². The summed E-state index contributed by atoms with van der Waals surface area (Å²) in [5.41, 5.74) is 0.958. The van der Waals surface area contributed by atoms with Crippen LogP contribution in [0.2, 0.25) is 0 Å². The number of hydrogen-bond acceptors (Lipinski definition) is 8. The first-order chi connectivity index (χ1) is 15.4. The van der Waals surface area contributed by atoms with Gasteiger partial charge in [-0.2, -0.15) is 4.98 Å². The summed E-state index contributed by atoms with van der Waals surface area (Å²) < 4.78 is 21.9. The van der Waals surface area contributed by atoms with E-state index in [1.54, 1.807) is 31.3 Å². The molecule has 1 aromatic carbocycles. The Balaban J connectivity index is 1.33. The Kier molecular flexibility index (Phi) is 5.09. The lowest BCUT2D eigenvalue weighted by Gasteiger charge is -2.38. The van der Waals surface area contributed by atoms with Crippen LogP contribution in [0.5, 0.6) is 11.6 Å². The van der Waals surface area contributed by atoms with Gasteiger partial charge < -0.3 is 9.84 Å². The Hall–Kier alpha value is -3.40. The fourth-order valence-corrected chi connectivity index (χ4v) is 4.57. The van der Waals surface area contributed by atoms with E-state index in [4.69, 9.17) is 4.74 Å². The number of ether oxygens (including phenoxy) is 1. The van der Waals surface area contributed by atoms with Crippen LogP contribution in [0.15, 0.2) is 41.5 Å². The third-order valence-corrected chi connectivity index (χ3v) is 6.42. The maximum Gasteiger partial charge on any atom is 0.350 e. The molecule has 2 unspecified atom stereocenters. The zero-order valence-electron chi connectivity index (χ0n) is 17.7. The Morgan fingerprint density at radius 2 is 2.00 bits per heavy atom. The molecule has 0 radical (unpaired) electrons. The van der Waals surface area contributed by atoms with Crippen molar-refractivity contribution in [2.24, 2.45) is 7.05 Å². The number of aromatic nitrogens is 5. The number of alkyl halides is 1. The molecule has 32 heavy (non-hydrogen) atoms. The first-order valence-corrected chi connectivity index (χ1v) is 10.5. The highest BCUT2D eigenvalue weighted by atomic mass is 19.1. The van der Waals surface area contributed by atoms with Gasteiger partial charge in [-0.05, 0) is 38.1 Å². The molecule has 2 fully saturated rings. The van der Waals surface area contributed by atoms with E-state index in [2.05, 4.69) is 25.1 Å². The molecule has 4 atom stereocenters. The van der Waals surface area contributed by atoms with Crippen molar-refractivity contribution in [1.29, 1.82) is 0 Å². The molecule has 1 N–H and O–H groups in total. The second-order valence-electron chi connectivity index (χ2n) is 8.36. The highest BCUT2D eigenvalue weighted by Gasteiger charge is 2.47. The van der Waals surface area contributed by atoms with Crippen LogP contribution >= 0.6 is 0 Å². The minimum absolute atomic E-state index is 0.0505. The predicted octanol–water partition coefficient (Wildman–Crippen LogP) is 1.96. The van der Waals surface area contributed by atoms with Crippen molar-refractivity contribution < 1.29 is 14.2 Å². The first kappa shape index (κ1) is 20.5. The number of phenolic OH excluding ortho intramolecular Hbond substituents is 1. The highest BCUT2D eigenvalue weighted by Crippen LogP contribution is 2.38. The lowest BCUT2D eigenvalue weighted by Crippen LogP contribution is -2.52. The Morgan fingerprint density at radius 3 is 2.72 bits per heavy atom. The largest absolute Gasteiger partial charge is 0.507 e. The number of rotatable bonds is 4. The minimum Gasteiger partial charge on any atom is -0.507 e. The van der Waals surface area contributed by atoms with Crippen molar-refractivity contribution in [3.8, 4) is 34.3 Å². The van der Waals surface area contributed by atoms with Gasteiger partial charge in [-0.1, -0.05) is 6.07 Å². The van der Waals surface area contributed by atoms with Gasteiger partial charge in [-0.15, -0.1) is 10.2 Å². The molecule has 0 amide bonds. The summed E-state index contributed by atoms with van der Waals surface area (Å²) in [7, 11) is 3.53. The van der Waals surface area contributed by atoms with Gasteiger partial charge in [0, 0.05) is 42.7 Å². The number of benzene rings is 1. The van der Waals surface area contributed by atoms with Gasteiger partial charge in [0.05, 0.1) is 5.69 Å². The number of fused-ring (bicyclic) bond motifs is 2. The van der Waals surface area contributed by atoms with E-state index in [0.717, 1.165) is 12.8 Å². The minimum atomic E-state index is -1.06. The summed E-state index contributed by atoms with van der Waals surface area (Å²) in [5, 5.41) is 18.7. The Labute approximate surface area is 183 Å². The van der Waals surface area contributed by atoms with Gasteiger partial charge in [-0.3, -0.25) is 9.47 Å². The topological polar surface area (TPSA) is 106 Å². The van der Waals surface area contributed by atoms with Gasteiger partial charge in [0.25, 0.3) is 0 Å². The maximum absolute atomic E-state index is 14.8. The van der Waals surface area contributed by atoms with E-state index in [9.17, 15) is 14.3 Å². The van der Waals surface area contributed by atoms with Crippen molar-refractivity contribution in [3.05, 3.63) is 47.1 Å². The molecule has 0 aliphatic carbocycles. The van der Waals surface area contributed by atoms with Crippen LogP contribution in [0.25, 0.3) is 22.6 Å². The SMILES string of the molecule is CN1C2CCC1[C@@H](F)[C@@H](Oc1ccc(-c3ccc(-c4ncn(C)c(=O)n4)cc3O)nn1)C2. The lowest BCUT2D eigenvalue weighted by atomic mass is 9.98. The number of piperidine rings is 1. The molecule has 2 aliphatic heterocycles. The molecule has 3 aromatic rings. The van der Waals surface area contributed by atoms with Crippen molar-refractivity contribution in [2.45, 2.75) is 43.6 Å². The van der Waals surface area contributed by atoms with Crippen molar-refractivity contribution in [1.82, 2.24) is 29.6 Å². The van der Waals surface area contributed by atoms with E-state index in [1.165, 1.54) is 17.0 Å². The van der Waals surface area contributed by atoms with E-state index in [-0.39, 0.29) is 23.5 Å². The van der Waals surface area contributed by atoms with Crippen LogP contribution in [0.3, 0.4) is 0 Å². The summed E-state index contributed by atoms with van der Waals surface area (Å²) in [6.07, 6.45) is 2.25. The molecule has 2 saturated heterocycles. The number of aromatic hydroxyl groups is 1. The number of halogens is 1. The summed E-state index contributed by atoms with van der Waals surface area (Å²) >= 11 is 0. The molecule has 166 valence electrons. The predicted molar refractivity (Wildman–Crippen MR) is 114 cm³/mol. The van der Waals surface area contributed by atoms with Crippen LogP contribution in [0.4, 0.5) is 4.39 Å². The third-order valence-electron chi connectivity index (χ3n) is 6.42. The molecule has 0 spiro atoms. The molecule has 2 bridgehead atoms. The highest BCUT2D eigenvalue weighted by molar-refractivity contribution is 5.71. The average Bonchev–Trinajstić information content (AvgIpc) is 3.06. The molecule has 10 heteroatoms. The van der Waals surface area contributed by atoms with Crippen LogP contribution in [-0.2, 0) is 7.05 Å². The number of aryl methyl sites for hydroxylation is 1. The van der Waals surface area contributed by atoms with Crippen molar-refractivity contribution in [3.63, 3.8) is 0 Å². The Bertz CT molecular complexity index is 1200. The molecule has 2 aromatic heterocycles. The quantitative estimate of drug-likeness (QED) is 0.659. The first-order valence-electron chi connectivity index (χ1n) is 10.5. The molecule has 9 nitrogen and oxygen atoms in total. The molecule has 5 rings (SSSR count). The molecule has 4 heterocycles. The normalized spacial score (nSPS) is 25.1. The van der Waals surface area contributed by atoms with E-state index < -0.39 is 18.0 Å². The second-order valence-corrected chi connectivity index (χ2v) is 8.36. The van der Waals surface area contributed by atoms with Crippen molar-refractivity contribution in [2.75, 3.05) is 7.05 Å². The van der Waals surface area contributed by atoms with Gasteiger partial charge in [0.1, 0.15) is 18.2 Å². The fourth-order valence-electron chi connectivity index (χ4n) is 4.57. The lowest BCUT2D eigenvalue weighted by molar-refractivity contribution is -0.0134. The number of nitrogens with zero attached hydrogens (tertiary/aromatic N) is 6. The van der Waals surface area contributed by atoms with Crippen LogP contribution in [0, 0.1) is 0 Å². The smallest absolute Gasteiger partial charge is 0.350 e. The molecular weight excluding hydrogens is 415 g/mol. The summed E-state index contributed by atoms with van der Waals surface area (Å²) in [4.78, 5) is 21.8. The van der Waals surface area contributed by atoms with Crippen LogP contribution < -0.4 is 10.4 Å². The van der Waals surface area contributed by atoms with Crippen molar-refractivity contribution >= 4 is 0 Å². The summed E-state index contributed by atoms with van der Waals surface area (Å²) in [5.74, 6) is 0.429. The molecular formula is C22H23FN6O3. The third kappa shape index (κ3) is 3.60. The maximum atomic E-state index is 14.8. The van der Waals surface area contributed by atoms with E-state index in [0.29, 0.717) is 29.3 Å². The average molecular weight is 438 g/mol. The van der Waals surface area contributed by atoms with Gasteiger partial charge in [0.15, 0.2) is 12.0 Å². The summed E-state index contributed by atoms with van der Waals surface area (Å²) in [6, 6.07) is 8.36. The standard InChI is InChI=1S/C22H23FN6O3/c1-28-11-24-21(25-22(28)31)12-3-5-14(17(30)9-12)15-6-8-19(27-26-15)32-18-10-13-4-7-16(20(18)23)29(13)2/h3,5-6,8-9,11,13,16,18,20,30H,4,7,10H2,1-2H3/t13?,16?,18-,20+/m0/s1. The van der Waals surface area contributed by atoms with E-state index >= 15 is 0 Å². The molecule has 0 saturated carbocycles. The van der Waals surface area contributed by atoms with E-state index in [1.807, 2.05) is 7.05 Å².